The fourth-order valence-corrected chi connectivity index (χ4v) is 4.88. The van der Waals surface area contributed by atoms with Crippen molar-refractivity contribution < 1.29 is 19.4 Å². The number of likely N-dealkylation sites (tertiary alicyclic amines) is 1. The summed E-state index contributed by atoms with van der Waals surface area (Å²) in [6.45, 7) is 5.58. The molecule has 1 aliphatic rings. The van der Waals surface area contributed by atoms with E-state index >= 15 is 0 Å². The van der Waals surface area contributed by atoms with Crippen molar-refractivity contribution >= 4 is 6.09 Å². The molecule has 1 heterocycles. The quantitative estimate of drug-likeness (QED) is 0.503. The average molecular weight is 460 g/mol. The van der Waals surface area contributed by atoms with Gasteiger partial charge < -0.3 is 14.6 Å². The Kier molecular flexibility index (Phi) is 6.67. The Balaban J connectivity index is 1.83. The van der Waals surface area contributed by atoms with Crippen LogP contribution in [0.15, 0.2) is 84.9 Å². The van der Waals surface area contributed by atoms with E-state index in [4.69, 9.17) is 9.47 Å². The van der Waals surface area contributed by atoms with Gasteiger partial charge in [0, 0.05) is 0 Å². The monoisotopic (exact) mass is 459 g/mol. The zero-order valence-electron chi connectivity index (χ0n) is 20.3. The molecule has 34 heavy (non-hydrogen) atoms. The number of aliphatic hydroxyl groups is 1. The molecule has 1 aliphatic heterocycles. The third-order valence-electron chi connectivity index (χ3n) is 6.40. The van der Waals surface area contributed by atoms with E-state index in [1.165, 1.54) is 0 Å². The molecule has 3 aromatic carbocycles. The minimum atomic E-state index is -1.40. The predicted molar refractivity (Wildman–Crippen MR) is 133 cm³/mol. The summed E-state index contributed by atoms with van der Waals surface area (Å²) in [4.78, 5) is 15.4. The van der Waals surface area contributed by atoms with E-state index in [1.807, 2.05) is 106 Å². The molecule has 178 valence electrons. The van der Waals surface area contributed by atoms with Crippen LogP contribution in [0.25, 0.3) is 0 Å². The molecule has 2 atom stereocenters. The van der Waals surface area contributed by atoms with E-state index in [1.54, 1.807) is 12.0 Å². The molecule has 1 unspecified atom stereocenters. The summed E-state index contributed by atoms with van der Waals surface area (Å²) < 4.78 is 11.2. The van der Waals surface area contributed by atoms with Crippen LogP contribution in [0.4, 0.5) is 4.79 Å². The SMILES string of the molecule is COc1ccc(C2CC[C@@H](C(O)(c3ccccc3)c3ccccc3)N2C(=O)OC(C)(C)C)cc1. The molecular formula is C29H33NO4. The zero-order valence-corrected chi connectivity index (χ0v) is 20.3. The Morgan fingerprint density at radius 2 is 1.38 bits per heavy atom. The smallest absolute Gasteiger partial charge is 0.411 e. The topological polar surface area (TPSA) is 59.0 Å². The van der Waals surface area contributed by atoms with Gasteiger partial charge in [0.1, 0.15) is 17.0 Å². The van der Waals surface area contributed by atoms with Crippen LogP contribution in [0.2, 0.25) is 0 Å². The maximum Gasteiger partial charge on any atom is 0.411 e. The fraction of sp³-hybridized carbons (Fsp3) is 0.345. The Morgan fingerprint density at radius 1 is 0.853 bits per heavy atom. The van der Waals surface area contributed by atoms with Crippen LogP contribution in [0.3, 0.4) is 0 Å². The normalized spacial score (nSPS) is 18.6. The van der Waals surface area contributed by atoms with Gasteiger partial charge in [-0.15, -0.1) is 0 Å². The number of rotatable bonds is 5. The number of carbonyl (C=O) groups excluding carboxylic acids is 1. The third-order valence-corrected chi connectivity index (χ3v) is 6.40. The van der Waals surface area contributed by atoms with E-state index in [0.717, 1.165) is 22.4 Å². The van der Waals surface area contributed by atoms with Crippen molar-refractivity contribution in [3.63, 3.8) is 0 Å². The molecule has 4 rings (SSSR count). The van der Waals surface area contributed by atoms with Gasteiger partial charge in [0.15, 0.2) is 0 Å². The zero-order chi connectivity index (χ0) is 24.3. The van der Waals surface area contributed by atoms with Gasteiger partial charge in [-0.1, -0.05) is 72.8 Å². The highest BCUT2D eigenvalue weighted by Gasteiger charge is 2.51. The highest BCUT2D eigenvalue weighted by Crippen LogP contribution is 2.47. The van der Waals surface area contributed by atoms with Crippen molar-refractivity contribution in [3.8, 4) is 5.75 Å². The van der Waals surface area contributed by atoms with Gasteiger partial charge in [0.2, 0.25) is 0 Å². The van der Waals surface area contributed by atoms with E-state index in [0.29, 0.717) is 12.8 Å². The molecule has 5 nitrogen and oxygen atoms in total. The summed E-state index contributed by atoms with van der Waals surface area (Å²) in [6.07, 6.45) is 0.898. The summed E-state index contributed by atoms with van der Waals surface area (Å²) in [5, 5.41) is 12.4. The van der Waals surface area contributed by atoms with Crippen molar-refractivity contribution in [2.24, 2.45) is 0 Å². The third kappa shape index (κ3) is 4.66. The molecule has 0 bridgehead atoms. The van der Waals surface area contributed by atoms with Crippen LogP contribution in [0, 0.1) is 0 Å². The molecule has 1 N–H and O–H groups in total. The van der Waals surface area contributed by atoms with Crippen LogP contribution in [0.1, 0.15) is 56.3 Å². The summed E-state index contributed by atoms with van der Waals surface area (Å²) in [6, 6.07) is 26.2. The molecule has 0 aliphatic carbocycles. The lowest BCUT2D eigenvalue weighted by Gasteiger charge is -2.42. The second kappa shape index (κ2) is 9.51. The van der Waals surface area contributed by atoms with Crippen LogP contribution in [-0.4, -0.2) is 34.9 Å². The Morgan fingerprint density at radius 3 is 1.85 bits per heavy atom. The van der Waals surface area contributed by atoms with Gasteiger partial charge in [-0.05, 0) is 62.4 Å². The number of hydrogen-bond acceptors (Lipinski definition) is 4. The number of carbonyl (C=O) groups is 1. The first kappa shape index (κ1) is 23.8. The van der Waals surface area contributed by atoms with Crippen molar-refractivity contribution in [2.45, 2.75) is 56.9 Å². The van der Waals surface area contributed by atoms with Crippen molar-refractivity contribution in [2.75, 3.05) is 7.11 Å². The van der Waals surface area contributed by atoms with Crippen LogP contribution < -0.4 is 4.74 Å². The highest BCUT2D eigenvalue weighted by molar-refractivity contribution is 5.70. The van der Waals surface area contributed by atoms with E-state index < -0.39 is 23.3 Å². The second-order valence-corrected chi connectivity index (χ2v) is 9.77. The molecule has 5 heteroatoms. The van der Waals surface area contributed by atoms with Gasteiger partial charge in [0.05, 0.1) is 19.2 Å². The summed E-state index contributed by atoms with van der Waals surface area (Å²) in [5.41, 5.74) is 0.412. The molecule has 0 spiro atoms. The van der Waals surface area contributed by atoms with Crippen molar-refractivity contribution in [1.82, 2.24) is 4.90 Å². The largest absolute Gasteiger partial charge is 0.497 e. The Hall–Kier alpha value is -3.31. The maximum atomic E-state index is 13.7. The van der Waals surface area contributed by atoms with Gasteiger partial charge in [0.25, 0.3) is 0 Å². The number of hydrogen-bond donors (Lipinski definition) is 1. The lowest BCUT2D eigenvalue weighted by atomic mass is 9.79. The number of amides is 1. The van der Waals surface area contributed by atoms with Crippen LogP contribution >= 0.6 is 0 Å². The Labute approximate surface area is 201 Å². The van der Waals surface area contributed by atoms with Crippen molar-refractivity contribution in [3.05, 3.63) is 102 Å². The molecular weight excluding hydrogens is 426 g/mol. The highest BCUT2D eigenvalue weighted by atomic mass is 16.6. The summed E-state index contributed by atoms with van der Waals surface area (Å²) in [7, 11) is 1.63. The second-order valence-electron chi connectivity index (χ2n) is 9.77. The standard InChI is InChI=1S/C29H33NO4/c1-28(2,3)34-27(31)30-25(21-15-17-24(33-4)18-16-21)19-20-26(30)29(32,22-11-7-5-8-12-22)23-13-9-6-10-14-23/h5-18,25-26,32H,19-20H2,1-4H3/t25?,26-/m0/s1. The van der Waals surface area contributed by atoms with Gasteiger partial charge in [-0.25, -0.2) is 4.79 Å². The van der Waals surface area contributed by atoms with Crippen molar-refractivity contribution in [1.29, 1.82) is 0 Å². The van der Waals surface area contributed by atoms with E-state index in [-0.39, 0.29) is 6.04 Å². The summed E-state index contributed by atoms with van der Waals surface area (Å²) >= 11 is 0. The van der Waals surface area contributed by atoms with E-state index in [2.05, 4.69) is 0 Å². The number of ether oxygens (including phenoxy) is 2. The van der Waals surface area contributed by atoms with Crippen LogP contribution in [0.5, 0.6) is 5.75 Å². The average Bonchev–Trinajstić information content (AvgIpc) is 3.30. The molecule has 1 amide bonds. The lowest BCUT2D eigenvalue weighted by molar-refractivity contribution is -0.0340. The molecule has 3 aromatic rings. The molecule has 1 saturated heterocycles. The van der Waals surface area contributed by atoms with Crippen LogP contribution in [-0.2, 0) is 10.3 Å². The molecule has 0 aromatic heterocycles. The first-order valence-corrected chi connectivity index (χ1v) is 11.7. The van der Waals surface area contributed by atoms with Gasteiger partial charge in [-0.3, -0.25) is 4.90 Å². The predicted octanol–water partition coefficient (Wildman–Crippen LogP) is 6.07. The minimum Gasteiger partial charge on any atom is -0.497 e. The molecule has 1 fully saturated rings. The number of methoxy groups -OCH3 is 1. The van der Waals surface area contributed by atoms with E-state index in [9.17, 15) is 9.90 Å². The van der Waals surface area contributed by atoms with Gasteiger partial charge >= 0.3 is 6.09 Å². The molecule has 0 radical (unpaired) electrons. The maximum absolute atomic E-state index is 13.7. The minimum absolute atomic E-state index is 0.232. The molecule has 0 saturated carbocycles. The first-order valence-electron chi connectivity index (χ1n) is 11.7. The lowest BCUT2D eigenvalue weighted by Crippen LogP contribution is -2.52. The Bertz CT molecular complexity index is 1050. The number of benzene rings is 3. The number of nitrogens with zero attached hydrogens (tertiary/aromatic N) is 1. The van der Waals surface area contributed by atoms with Gasteiger partial charge in [-0.2, -0.15) is 0 Å². The first-order chi connectivity index (χ1) is 16.2. The summed E-state index contributed by atoms with van der Waals surface area (Å²) in [5.74, 6) is 0.757. The fourth-order valence-electron chi connectivity index (χ4n) is 4.88.